The Morgan fingerprint density at radius 2 is 1.64 bits per heavy atom. The number of rotatable bonds is 2. The van der Waals surface area contributed by atoms with E-state index in [1.165, 1.54) is 0 Å². The van der Waals surface area contributed by atoms with E-state index >= 15 is 0 Å². The summed E-state index contributed by atoms with van der Waals surface area (Å²) in [6, 6.07) is 9.75. The lowest BCUT2D eigenvalue weighted by Crippen LogP contribution is -1.79. The van der Waals surface area contributed by atoms with E-state index in [1.54, 1.807) is 0 Å². The summed E-state index contributed by atoms with van der Waals surface area (Å²) in [6.07, 6.45) is 0. The molecule has 1 aromatic rings. The SMILES string of the molecule is C=C(Cl)C(=C)c1ccccc1. The fourth-order valence-electron chi connectivity index (χ4n) is 0.796. The standard InChI is InChI=1S/C10H9Cl/c1-8(9(2)11)10-6-4-3-5-7-10/h3-7H,1-2H2. The second kappa shape index (κ2) is 3.40. The van der Waals surface area contributed by atoms with Crippen LogP contribution < -0.4 is 0 Å². The van der Waals surface area contributed by atoms with Crippen molar-refractivity contribution >= 4 is 17.2 Å². The van der Waals surface area contributed by atoms with Crippen LogP contribution in [0.5, 0.6) is 0 Å². The molecule has 0 radical (unpaired) electrons. The monoisotopic (exact) mass is 164 g/mol. The van der Waals surface area contributed by atoms with Gasteiger partial charge in [-0.1, -0.05) is 55.1 Å². The summed E-state index contributed by atoms with van der Waals surface area (Å²) < 4.78 is 0. The van der Waals surface area contributed by atoms with E-state index in [0.717, 1.165) is 11.1 Å². The topological polar surface area (TPSA) is 0 Å². The van der Waals surface area contributed by atoms with Crippen molar-refractivity contribution in [2.45, 2.75) is 0 Å². The van der Waals surface area contributed by atoms with Gasteiger partial charge in [-0.05, 0) is 11.1 Å². The average molecular weight is 165 g/mol. The first kappa shape index (κ1) is 8.09. The van der Waals surface area contributed by atoms with Crippen molar-refractivity contribution in [3.05, 3.63) is 54.1 Å². The smallest absolute Gasteiger partial charge is 0.0406 e. The maximum Gasteiger partial charge on any atom is 0.0406 e. The van der Waals surface area contributed by atoms with Crippen LogP contribution in [0.4, 0.5) is 0 Å². The van der Waals surface area contributed by atoms with Crippen LogP contribution in [-0.4, -0.2) is 0 Å². The minimum atomic E-state index is 0.496. The zero-order chi connectivity index (χ0) is 8.27. The van der Waals surface area contributed by atoms with Crippen molar-refractivity contribution in [2.75, 3.05) is 0 Å². The van der Waals surface area contributed by atoms with E-state index in [2.05, 4.69) is 13.2 Å². The highest BCUT2D eigenvalue weighted by molar-refractivity contribution is 6.36. The molecule has 0 atom stereocenters. The minimum absolute atomic E-state index is 0.496. The molecule has 0 heterocycles. The van der Waals surface area contributed by atoms with Crippen LogP contribution in [0.15, 0.2) is 48.5 Å². The van der Waals surface area contributed by atoms with Gasteiger partial charge in [0.15, 0.2) is 0 Å². The lowest BCUT2D eigenvalue weighted by molar-refractivity contribution is 1.62. The third kappa shape index (κ3) is 1.95. The van der Waals surface area contributed by atoms with E-state index in [9.17, 15) is 0 Å². The molecule has 1 rings (SSSR count). The second-order valence-electron chi connectivity index (χ2n) is 2.25. The van der Waals surface area contributed by atoms with Gasteiger partial charge in [-0.25, -0.2) is 0 Å². The quantitative estimate of drug-likeness (QED) is 0.588. The van der Waals surface area contributed by atoms with Gasteiger partial charge in [-0.3, -0.25) is 0 Å². The molecule has 0 fully saturated rings. The predicted octanol–water partition coefficient (Wildman–Crippen LogP) is 3.45. The van der Waals surface area contributed by atoms with Crippen LogP contribution in [0.3, 0.4) is 0 Å². The van der Waals surface area contributed by atoms with E-state index in [4.69, 9.17) is 11.6 Å². The Labute approximate surface area is 71.8 Å². The summed E-state index contributed by atoms with van der Waals surface area (Å²) in [5.41, 5.74) is 1.81. The molecule has 0 amide bonds. The molecule has 56 valence electrons. The number of allylic oxidation sites excluding steroid dienone is 2. The Morgan fingerprint density at radius 1 is 1.09 bits per heavy atom. The second-order valence-corrected chi connectivity index (χ2v) is 2.71. The van der Waals surface area contributed by atoms with Crippen LogP contribution in [0.25, 0.3) is 5.57 Å². The third-order valence-electron chi connectivity index (χ3n) is 1.45. The van der Waals surface area contributed by atoms with Gasteiger partial charge < -0.3 is 0 Å². The zero-order valence-corrected chi connectivity index (χ0v) is 6.93. The van der Waals surface area contributed by atoms with Crippen molar-refractivity contribution in [3.63, 3.8) is 0 Å². The number of hydrogen-bond acceptors (Lipinski definition) is 0. The number of halogens is 1. The molecule has 0 nitrogen and oxygen atoms in total. The first-order valence-corrected chi connectivity index (χ1v) is 3.68. The summed E-state index contributed by atoms with van der Waals surface area (Å²) >= 11 is 5.67. The highest BCUT2D eigenvalue weighted by Gasteiger charge is 1.97. The Hall–Kier alpha value is -1.01. The summed E-state index contributed by atoms with van der Waals surface area (Å²) in [6.45, 7) is 7.39. The van der Waals surface area contributed by atoms with Crippen LogP contribution in [0.1, 0.15) is 5.56 Å². The van der Waals surface area contributed by atoms with Crippen molar-refractivity contribution in [1.82, 2.24) is 0 Å². The molecule has 0 bridgehead atoms. The summed E-state index contributed by atoms with van der Waals surface area (Å²) in [5, 5.41) is 0.496. The maximum atomic E-state index is 5.67. The summed E-state index contributed by atoms with van der Waals surface area (Å²) in [5.74, 6) is 0. The van der Waals surface area contributed by atoms with E-state index in [-0.39, 0.29) is 0 Å². The Balaban J connectivity index is 2.95. The highest BCUT2D eigenvalue weighted by Crippen LogP contribution is 2.21. The molecule has 0 aliphatic heterocycles. The maximum absolute atomic E-state index is 5.67. The van der Waals surface area contributed by atoms with E-state index < -0.39 is 0 Å². The highest BCUT2D eigenvalue weighted by atomic mass is 35.5. The lowest BCUT2D eigenvalue weighted by Gasteiger charge is -2.01. The largest absolute Gasteiger partial charge is 0.0897 e. The van der Waals surface area contributed by atoms with Gasteiger partial charge in [0.2, 0.25) is 0 Å². The first-order valence-electron chi connectivity index (χ1n) is 3.31. The van der Waals surface area contributed by atoms with E-state index in [0.29, 0.717) is 5.03 Å². The van der Waals surface area contributed by atoms with Gasteiger partial charge in [0.05, 0.1) is 0 Å². The van der Waals surface area contributed by atoms with E-state index in [1.807, 2.05) is 30.3 Å². The van der Waals surface area contributed by atoms with Crippen LogP contribution >= 0.6 is 11.6 Å². The Bertz CT molecular complexity index is 272. The molecule has 0 aromatic heterocycles. The molecule has 1 heteroatoms. The predicted molar refractivity (Wildman–Crippen MR) is 50.5 cm³/mol. The summed E-state index contributed by atoms with van der Waals surface area (Å²) in [4.78, 5) is 0. The van der Waals surface area contributed by atoms with Gasteiger partial charge >= 0.3 is 0 Å². The Morgan fingerprint density at radius 3 is 2.09 bits per heavy atom. The lowest BCUT2D eigenvalue weighted by atomic mass is 10.1. The third-order valence-corrected chi connectivity index (χ3v) is 1.68. The summed E-state index contributed by atoms with van der Waals surface area (Å²) in [7, 11) is 0. The van der Waals surface area contributed by atoms with Gasteiger partial charge in [-0.2, -0.15) is 0 Å². The number of hydrogen-bond donors (Lipinski definition) is 0. The average Bonchev–Trinajstić information content (AvgIpc) is 2.05. The van der Waals surface area contributed by atoms with Gasteiger partial charge in [0.25, 0.3) is 0 Å². The molecular weight excluding hydrogens is 156 g/mol. The molecule has 0 aliphatic carbocycles. The van der Waals surface area contributed by atoms with Gasteiger partial charge in [0, 0.05) is 5.03 Å². The van der Waals surface area contributed by atoms with Crippen molar-refractivity contribution in [1.29, 1.82) is 0 Å². The van der Waals surface area contributed by atoms with Gasteiger partial charge in [-0.15, -0.1) is 0 Å². The van der Waals surface area contributed by atoms with Crippen molar-refractivity contribution in [3.8, 4) is 0 Å². The van der Waals surface area contributed by atoms with Gasteiger partial charge in [0.1, 0.15) is 0 Å². The fourth-order valence-corrected chi connectivity index (χ4v) is 0.905. The molecular formula is C10H9Cl. The molecule has 11 heavy (non-hydrogen) atoms. The van der Waals surface area contributed by atoms with Crippen molar-refractivity contribution < 1.29 is 0 Å². The minimum Gasteiger partial charge on any atom is -0.0897 e. The normalized spacial score (nSPS) is 9.18. The molecule has 0 aliphatic rings. The van der Waals surface area contributed by atoms with Crippen LogP contribution in [0, 0.1) is 0 Å². The molecule has 0 N–H and O–H groups in total. The van der Waals surface area contributed by atoms with Crippen LogP contribution in [-0.2, 0) is 0 Å². The van der Waals surface area contributed by atoms with Crippen molar-refractivity contribution in [2.24, 2.45) is 0 Å². The zero-order valence-electron chi connectivity index (χ0n) is 6.18. The molecule has 0 spiro atoms. The molecule has 0 saturated heterocycles. The molecule has 0 saturated carbocycles. The Kier molecular flexibility index (Phi) is 2.50. The molecule has 1 aromatic carbocycles. The first-order chi connectivity index (χ1) is 5.22. The molecule has 0 unspecified atom stereocenters. The van der Waals surface area contributed by atoms with Crippen LogP contribution in [0.2, 0.25) is 0 Å². The number of benzene rings is 1. The fraction of sp³-hybridized carbons (Fsp3) is 0.